The third-order valence-electron chi connectivity index (χ3n) is 5.49. The topological polar surface area (TPSA) is 83.3 Å². The Kier molecular flexibility index (Phi) is 8.46. The second kappa shape index (κ2) is 11.3. The van der Waals surface area contributed by atoms with Crippen LogP contribution in [0.1, 0.15) is 43.7 Å². The first-order chi connectivity index (χ1) is 15.0. The third kappa shape index (κ3) is 5.85. The number of hydrogen-bond acceptors (Lipinski definition) is 3. The monoisotopic (exact) mass is 439 g/mol. The van der Waals surface area contributed by atoms with Gasteiger partial charge in [-0.05, 0) is 105 Å². The fourth-order valence-electron chi connectivity index (χ4n) is 3.92. The molecule has 166 valence electrons. The van der Waals surface area contributed by atoms with Gasteiger partial charge in [0, 0.05) is 11.9 Å². The first-order valence-corrected chi connectivity index (χ1v) is 12.2. The molecule has 0 fully saturated rings. The van der Waals surface area contributed by atoms with Crippen molar-refractivity contribution < 1.29 is 8.95 Å². The number of benzene rings is 2. The van der Waals surface area contributed by atoms with Crippen LogP contribution in [0.15, 0.2) is 59.6 Å². The summed E-state index contributed by atoms with van der Waals surface area (Å²) in [4.78, 5) is 0.621. The van der Waals surface area contributed by atoms with E-state index in [1.807, 2.05) is 43.3 Å². The molecule has 0 radical (unpaired) electrons. The molecule has 0 aliphatic rings. The van der Waals surface area contributed by atoms with E-state index in [-0.39, 0.29) is 0 Å². The Hall–Kier alpha value is -2.41. The number of unbranched alkanes of at least 4 members (excludes halogenated alkanes) is 3. The van der Waals surface area contributed by atoms with Crippen molar-refractivity contribution in [2.45, 2.75) is 50.8 Å². The highest BCUT2D eigenvalue weighted by Gasteiger charge is 2.16. The van der Waals surface area contributed by atoms with Gasteiger partial charge in [-0.25, -0.2) is 9.35 Å². The summed E-state index contributed by atoms with van der Waals surface area (Å²) in [5, 5.41) is 5.53. The standard InChI is InChI=1S/C25H33N3O2S/c1-3-30-22-13-9-20(10-14-22)25-24(8-6-4-5-7-17-26)19(2)18-28(25)21-11-15-23(16-12-21)31(27)29/h9-16,18H,3-8,17,26-27H2,1-2H3. The first-order valence-electron chi connectivity index (χ1n) is 11.0. The van der Waals surface area contributed by atoms with Crippen molar-refractivity contribution in [2.75, 3.05) is 13.2 Å². The van der Waals surface area contributed by atoms with Crippen molar-refractivity contribution in [1.29, 1.82) is 0 Å². The van der Waals surface area contributed by atoms with Gasteiger partial charge in [-0.15, -0.1) is 0 Å². The van der Waals surface area contributed by atoms with Gasteiger partial charge < -0.3 is 15.0 Å². The zero-order chi connectivity index (χ0) is 22.2. The normalized spacial score (nSPS) is 12.1. The predicted octanol–water partition coefficient (Wildman–Crippen LogP) is 4.89. The number of nitrogens with zero attached hydrogens (tertiary/aromatic N) is 1. The lowest BCUT2D eigenvalue weighted by atomic mass is 9.99. The van der Waals surface area contributed by atoms with Crippen LogP contribution in [0.3, 0.4) is 0 Å². The summed E-state index contributed by atoms with van der Waals surface area (Å²) in [6.07, 6.45) is 7.79. The molecule has 0 aliphatic heterocycles. The highest BCUT2D eigenvalue weighted by Crippen LogP contribution is 2.33. The minimum atomic E-state index is -1.48. The molecule has 4 N–H and O–H groups in total. The SMILES string of the molecule is CCOc1ccc(-c2c(CCCCCCN)c(C)cn2-c2ccc(S(N)=O)cc2)cc1. The average Bonchev–Trinajstić information content (AvgIpc) is 3.10. The van der Waals surface area contributed by atoms with Crippen LogP contribution < -0.4 is 15.6 Å². The summed E-state index contributed by atoms with van der Waals surface area (Å²) in [5.41, 5.74) is 11.6. The summed E-state index contributed by atoms with van der Waals surface area (Å²) in [7, 11) is -1.48. The van der Waals surface area contributed by atoms with Crippen molar-refractivity contribution >= 4 is 11.0 Å². The van der Waals surface area contributed by atoms with Crippen LogP contribution in [-0.4, -0.2) is 21.9 Å². The largest absolute Gasteiger partial charge is 0.494 e. The summed E-state index contributed by atoms with van der Waals surface area (Å²) >= 11 is 0. The fourth-order valence-corrected chi connectivity index (χ4v) is 4.32. The van der Waals surface area contributed by atoms with Crippen molar-refractivity contribution in [1.82, 2.24) is 4.57 Å². The molecular formula is C25H33N3O2S. The second-order valence-electron chi connectivity index (χ2n) is 7.71. The van der Waals surface area contributed by atoms with E-state index in [0.717, 1.165) is 42.8 Å². The summed E-state index contributed by atoms with van der Waals surface area (Å²) in [6.45, 7) is 5.57. The lowest BCUT2D eigenvalue weighted by Crippen LogP contribution is -2.03. The second-order valence-corrected chi connectivity index (χ2v) is 8.78. The van der Waals surface area contributed by atoms with Crippen molar-refractivity contribution in [3.63, 3.8) is 0 Å². The Morgan fingerprint density at radius 3 is 2.26 bits per heavy atom. The highest BCUT2D eigenvalue weighted by atomic mass is 32.2. The van der Waals surface area contributed by atoms with Gasteiger partial charge in [0.25, 0.3) is 0 Å². The maximum absolute atomic E-state index is 11.6. The smallest absolute Gasteiger partial charge is 0.122 e. The zero-order valence-electron chi connectivity index (χ0n) is 18.5. The Balaban J connectivity index is 1.99. The minimum Gasteiger partial charge on any atom is -0.494 e. The molecule has 3 aromatic rings. The Labute approximate surface area is 188 Å². The highest BCUT2D eigenvalue weighted by molar-refractivity contribution is 7.82. The lowest BCUT2D eigenvalue weighted by molar-refractivity contribution is 0.340. The number of aryl methyl sites for hydroxylation is 1. The number of ether oxygens (including phenoxy) is 1. The van der Waals surface area contributed by atoms with Gasteiger partial charge in [-0.1, -0.05) is 12.8 Å². The zero-order valence-corrected chi connectivity index (χ0v) is 19.3. The molecule has 0 saturated carbocycles. The van der Waals surface area contributed by atoms with Crippen LogP contribution in [0.2, 0.25) is 0 Å². The first kappa shape index (κ1) is 23.3. The van der Waals surface area contributed by atoms with Gasteiger partial charge in [0.15, 0.2) is 0 Å². The molecule has 5 nitrogen and oxygen atoms in total. The molecule has 0 bridgehead atoms. The molecule has 1 unspecified atom stereocenters. The summed E-state index contributed by atoms with van der Waals surface area (Å²) < 4.78 is 19.4. The number of aromatic nitrogens is 1. The molecule has 6 heteroatoms. The summed E-state index contributed by atoms with van der Waals surface area (Å²) in [6, 6.07) is 15.9. The minimum absolute atomic E-state index is 0.621. The molecular weight excluding hydrogens is 406 g/mol. The quantitative estimate of drug-likeness (QED) is 0.417. The van der Waals surface area contributed by atoms with E-state index in [9.17, 15) is 4.21 Å². The van der Waals surface area contributed by atoms with Crippen LogP contribution >= 0.6 is 0 Å². The van der Waals surface area contributed by atoms with E-state index in [0.29, 0.717) is 11.5 Å². The molecule has 1 aromatic heterocycles. The molecule has 0 aliphatic carbocycles. The maximum atomic E-state index is 11.6. The van der Waals surface area contributed by atoms with Gasteiger partial charge in [0.1, 0.15) is 16.7 Å². The van der Waals surface area contributed by atoms with Crippen LogP contribution in [0.5, 0.6) is 5.75 Å². The van der Waals surface area contributed by atoms with Crippen molar-refractivity contribution in [3.05, 3.63) is 65.9 Å². The van der Waals surface area contributed by atoms with E-state index in [1.165, 1.54) is 29.7 Å². The van der Waals surface area contributed by atoms with Crippen molar-refractivity contribution in [2.24, 2.45) is 10.9 Å². The molecule has 31 heavy (non-hydrogen) atoms. The number of nitrogens with two attached hydrogens (primary N) is 2. The molecule has 1 heterocycles. The van der Waals surface area contributed by atoms with E-state index >= 15 is 0 Å². The van der Waals surface area contributed by atoms with E-state index < -0.39 is 11.0 Å². The molecule has 1 atom stereocenters. The molecule has 0 spiro atoms. The van der Waals surface area contributed by atoms with Crippen molar-refractivity contribution in [3.8, 4) is 22.7 Å². The summed E-state index contributed by atoms with van der Waals surface area (Å²) in [5.74, 6) is 0.874. The lowest BCUT2D eigenvalue weighted by Gasteiger charge is -2.14. The Bertz CT molecular complexity index is 995. The number of hydrogen-bond donors (Lipinski definition) is 2. The molecule has 2 aromatic carbocycles. The molecule has 0 amide bonds. The van der Waals surface area contributed by atoms with Gasteiger partial charge >= 0.3 is 0 Å². The van der Waals surface area contributed by atoms with Gasteiger partial charge in [0.05, 0.1) is 17.2 Å². The number of rotatable bonds is 11. The van der Waals surface area contributed by atoms with Crippen LogP contribution in [0, 0.1) is 6.92 Å². The predicted molar refractivity (Wildman–Crippen MR) is 129 cm³/mol. The van der Waals surface area contributed by atoms with E-state index in [1.54, 1.807) is 0 Å². The molecule has 3 rings (SSSR count). The van der Waals surface area contributed by atoms with Crippen LogP contribution in [-0.2, 0) is 17.4 Å². The van der Waals surface area contributed by atoms with E-state index in [4.69, 9.17) is 15.6 Å². The Morgan fingerprint density at radius 2 is 1.65 bits per heavy atom. The van der Waals surface area contributed by atoms with Crippen LogP contribution in [0.25, 0.3) is 16.9 Å². The Morgan fingerprint density at radius 1 is 0.968 bits per heavy atom. The maximum Gasteiger partial charge on any atom is 0.122 e. The third-order valence-corrected chi connectivity index (χ3v) is 6.23. The molecule has 0 saturated heterocycles. The average molecular weight is 440 g/mol. The van der Waals surface area contributed by atoms with Gasteiger partial charge in [-0.2, -0.15) is 0 Å². The van der Waals surface area contributed by atoms with Gasteiger partial charge in [-0.3, -0.25) is 0 Å². The van der Waals surface area contributed by atoms with E-state index in [2.05, 4.69) is 29.8 Å². The van der Waals surface area contributed by atoms with Crippen LogP contribution in [0.4, 0.5) is 0 Å². The van der Waals surface area contributed by atoms with Gasteiger partial charge in [0.2, 0.25) is 0 Å². The fraction of sp³-hybridized carbons (Fsp3) is 0.360.